The van der Waals surface area contributed by atoms with E-state index in [0.29, 0.717) is 25.3 Å². The molecule has 0 radical (unpaired) electrons. The Kier molecular flexibility index (Phi) is 9.42. The fraction of sp³-hybridized carbons (Fsp3) is 0.625. The van der Waals surface area contributed by atoms with Crippen LogP contribution in [0.1, 0.15) is 40.0 Å². The van der Waals surface area contributed by atoms with Gasteiger partial charge in [-0.1, -0.05) is 20.3 Å². The van der Waals surface area contributed by atoms with Crippen molar-refractivity contribution < 1.29 is 9.53 Å². The first-order valence-electron chi connectivity index (χ1n) is 8.74. The number of aromatic nitrogens is 2. The molecule has 1 aromatic heterocycles. The van der Waals surface area contributed by atoms with Crippen molar-refractivity contribution in [3.8, 4) is 0 Å². The minimum absolute atomic E-state index is 0.0813. The predicted molar refractivity (Wildman–Crippen MR) is 104 cm³/mol. The van der Waals surface area contributed by atoms with Crippen LogP contribution in [-0.4, -0.2) is 33.4 Å². The first kappa shape index (κ1) is 21.7. The fourth-order valence-electron chi connectivity index (χ4n) is 2.21. The second-order valence-electron chi connectivity index (χ2n) is 5.54. The Labute approximate surface area is 157 Å². The number of nitrogens with one attached hydrogen (secondary N) is 3. The van der Waals surface area contributed by atoms with E-state index >= 15 is 0 Å². The van der Waals surface area contributed by atoms with Gasteiger partial charge in [-0.2, -0.15) is 0 Å². The number of hydrogen-bond donors (Lipinski definition) is 3. The summed E-state index contributed by atoms with van der Waals surface area (Å²) in [6.07, 6.45) is 2.39. The molecule has 0 atom stereocenters. The summed E-state index contributed by atoms with van der Waals surface area (Å²) in [6, 6.07) is 1.35. The van der Waals surface area contributed by atoms with Crippen LogP contribution >= 0.6 is 12.2 Å². The van der Waals surface area contributed by atoms with Gasteiger partial charge in [0.1, 0.15) is 12.4 Å². The van der Waals surface area contributed by atoms with E-state index in [1.54, 1.807) is 6.92 Å². The summed E-state index contributed by atoms with van der Waals surface area (Å²) in [5.41, 5.74) is 4.71. The summed E-state index contributed by atoms with van der Waals surface area (Å²) in [5, 5.41) is 2.82. The van der Waals surface area contributed by atoms with Crippen molar-refractivity contribution in [2.45, 2.75) is 53.1 Å². The van der Waals surface area contributed by atoms with Gasteiger partial charge >= 0.3 is 11.7 Å². The number of carbonyl (C=O) groups excluding carboxylic acids is 1. The van der Waals surface area contributed by atoms with E-state index < -0.39 is 5.97 Å². The van der Waals surface area contributed by atoms with Crippen LogP contribution in [0.15, 0.2) is 15.7 Å². The highest BCUT2D eigenvalue weighted by Crippen LogP contribution is 2.02. The molecule has 0 amide bonds. The summed E-state index contributed by atoms with van der Waals surface area (Å²) in [5.74, 6) is -0.111. The molecule has 3 N–H and O–H groups in total. The van der Waals surface area contributed by atoms with Gasteiger partial charge in [0.05, 0.1) is 6.61 Å². The van der Waals surface area contributed by atoms with E-state index in [9.17, 15) is 14.4 Å². The topological polar surface area (TPSA) is 106 Å². The zero-order chi connectivity index (χ0) is 19.5. The third kappa shape index (κ3) is 6.51. The second-order valence-corrected chi connectivity index (χ2v) is 5.95. The van der Waals surface area contributed by atoms with Crippen LogP contribution in [0.2, 0.25) is 0 Å². The van der Waals surface area contributed by atoms with E-state index in [1.165, 1.54) is 15.2 Å². The van der Waals surface area contributed by atoms with E-state index in [2.05, 4.69) is 16.2 Å². The molecule has 146 valence electrons. The molecule has 0 saturated heterocycles. The number of hydrogen-bond acceptors (Lipinski definition) is 6. The van der Waals surface area contributed by atoms with Crippen molar-refractivity contribution in [3.05, 3.63) is 26.9 Å². The Morgan fingerprint density at radius 3 is 2.50 bits per heavy atom. The molecule has 0 aromatic carbocycles. The molecular formula is C16H27N5O4S. The molecule has 0 aliphatic heterocycles. The van der Waals surface area contributed by atoms with Crippen LogP contribution in [-0.2, 0) is 22.6 Å². The number of anilines is 1. The number of rotatable bonds is 10. The number of thiocarbonyl (C=S) groups is 1. The van der Waals surface area contributed by atoms with Gasteiger partial charge in [-0.3, -0.25) is 29.6 Å². The largest absolute Gasteiger partial charge is 0.465 e. The smallest absolute Gasteiger partial charge is 0.332 e. The summed E-state index contributed by atoms with van der Waals surface area (Å²) < 4.78 is 7.51. The molecule has 26 heavy (non-hydrogen) atoms. The average Bonchev–Trinajstić information content (AvgIpc) is 2.61. The first-order chi connectivity index (χ1) is 12.4. The van der Waals surface area contributed by atoms with Gasteiger partial charge in [0.2, 0.25) is 0 Å². The molecule has 1 heterocycles. The second kappa shape index (κ2) is 11.3. The maximum Gasteiger partial charge on any atom is 0.332 e. The van der Waals surface area contributed by atoms with E-state index in [-0.39, 0.29) is 29.5 Å². The summed E-state index contributed by atoms with van der Waals surface area (Å²) in [4.78, 5) is 36.1. The molecule has 0 bridgehead atoms. The van der Waals surface area contributed by atoms with Gasteiger partial charge in [0.15, 0.2) is 5.11 Å². The summed E-state index contributed by atoms with van der Waals surface area (Å²) in [7, 11) is 0. The van der Waals surface area contributed by atoms with Crippen molar-refractivity contribution in [2.75, 3.05) is 18.6 Å². The third-order valence-electron chi connectivity index (χ3n) is 3.46. The standard InChI is InChI=1S/C16H27N5O4S/c1-4-7-9-20-12(10-13(22)21(8-5-2)16(20)24)18-19-15(26)17-11-14(23)25-6-3/h10,18H,4-9,11H2,1-3H3,(H2,17,19,26). The van der Waals surface area contributed by atoms with Crippen molar-refractivity contribution in [1.82, 2.24) is 19.9 Å². The number of unbranched alkanes of at least 4 members (excludes halogenated alkanes) is 1. The van der Waals surface area contributed by atoms with Crippen LogP contribution in [0.4, 0.5) is 5.82 Å². The van der Waals surface area contributed by atoms with E-state index in [0.717, 1.165) is 12.8 Å². The molecule has 9 nitrogen and oxygen atoms in total. The van der Waals surface area contributed by atoms with Crippen molar-refractivity contribution >= 4 is 29.1 Å². The lowest BCUT2D eigenvalue weighted by atomic mass is 10.3. The van der Waals surface area contributed by atoms with E-state index in [4.69, 9.17) is 17.0 Å². The lowest BCUT2D eigenvalue weighted by Crippen LogP contribution is -2.45. The average molecular weight is 385 g/mol. The third-order valence-corrected chi connectivity index (χ3v) is 3.71. The lowest BCUT2D eigenvalue weighted by Gasteiger charge is -2.17. The Morgan fingerprint density at radius 2 is 1.88 bits per heavy atom. The van der Waals surface area contributed by atoms with Gasteiger partial charge in [-0.05, 0) is 32.0 Å². The maximum atomic E-state index is 12.6. The highest BCUT2D eigenvalue weighted by molar-refractivity contribution is 7.80. The van der Waals surface area contributed by atoms with Crippen molar-refractivity contribution in [1.29, 1.82) is 0 Å². The molecular weight excluding hydrogens is 358 g/mol. The Balaban J connectivity index is 2.87. The van der Waals surface area contributed by atoms with Crippen molar-refractivity contribution in [3.63, 3.8) is 0 Å². The first-order valence-corrected chi connectivity index (χ1v) is 9.15. The minimum atomic E-state index is -0.432. The van der Waals surface area contributed by atoms with E-state index in [1.807, 2.05) is 13.8 Å². The monoisotopic (exact) mass is 385 g/mol. The summed E-state index contributed by atoms with van der Waals surface area (Å²) in [6.45, 7) is 6.70. The highest BCUT2D eigenvalue weighted by Gasteiger charge is 2.11. The summed E-state index contributed by atoms with van der Waals surface area (Å²) >= 11 is 5.06. The normalized spacial score (nSPS) is 10.3. The SMILES string of the molecule is CCCCn1c(NNC(=S)NCC(=O)OCC)cc(=O)n(CCC)c1=O. The molecule has 0 aliphatic rings. The van der Waals surface area contributed by atoms with Gasteiger partial charge in [-0.25, -0.2) is 4.79 Å². The molecule has 1 aromatic rings. The highest BCUT2D eigenvalue weighted by atomic mass is 32.1. The van der Waals surface area contributed by atoms with Crippen molar-refractivity contribution in [2.24, 2.45) is 0 Å². The Hall–Kier alpha value is -2.36. The van der Waals surface area contributed by atoms with Crippen LogP contribution in [0.25, 0.3) is 0 Å². The zero-order valence-electron chi connectivity index (χ0n) is 15.5. The van der Waals surface area contributed by atoms with Crippen LogP contribution in [0.3, 0.4) is 0 Å². The Bertz CT molecular complexity index is 728. The van der Waals surface area contributed by atoms with Gasteiger partial charge in [-0.15, -0.1) is 0 Å². The number of nitrogens with zero attached hydrogens (tertiary/aromatic N) is 2. The molecule has 0 spiro atoms. The molecule has 0 fully saturated rings. The maximum absolute atomic E-state index is 12.6. The molecule has 10 heteroatoms. The number of carbonyl (C=O) groups is 1. The lowest BCUT2D eigenvalue weighted by molar-refractivity contribution is -0.141. The molecule has 0 aliphatic carbocycles. The minimum Gasteiger partial charge on any atom is -0.465 e. The number of esters is 1. The molecule has 0 saturated carbocycles. The molecule has 1 rings (SSSR count). The van der Waals surface area contributed by atoms with Crippen LogP contribution in [0.5, 0.6) is 0 Å². The zero-order valence-corrected chi connectivity index (χ0v) is 16.3. The number of ether oxygens (including phenoxy) is 1. The van der Waals surface area contributed by atoms with Crippen LogP contribution in [0, 0.1) is 0 Å². The Morgan fingerprint density at radius 1 is 1.15 bits per heavy atom. The molecule has 0 unspecified atom stereocenters. The fourth-order valence-corrected chi connectivity index (χ4v) is 2.33. The van der Waals surface area contributed by atoms with Crippen LogP contribution < -0.4 is 27.4 Å². The van der Waals surface area contributed by atoms with Gasteiger partial charge in [0.25, 0.3) is 5.56 Å². The number of hydrazine groups is 1. The quantitative estimate of drug-likeness (QED) is 0.305. The predicted octanol–water partition coefficient (Wildman–Crippen LogP) is 0.574. The van der Waals surface area contributed by atoms with Gasteiger partial charge in [0, 0.05) is 19.2 Å². The van der Waals surface area contributed by atoms with Gasteiger partial charge < -0.3 is 10.1 Å².